The van der Waals surface area contributed by atoms with E-state index >= 15 is 0 Å². The molecule has 0 aliphatic heterocycles. The average molecular weight is 249 g/mol. The van der Waals surface area contributed by atoms with Gasteiger partial charge in [-0.25, -0.2) is 0 Å². The van der Waals surface area contributed by atoms with Gasteiger partial charge in [-0.05, 0) is 19.1 Å². The number of carboxylic acid groups (broad SMARTS) is 1. The van der Waals surface area contributed by atoms with Crippen LogP contribution in [0.25, 0.3) is 0 Å². The summed E-state index contributed by atoms with van der Waals surface area (Å²) in [5, 5.41) is 9.23. The second-order valence-corrected chi connectivity index (χ2v) is 3.86. The van der Waals surface area contributed by atoms with E-state index in [9.17, 15) is 4.79 Å². The van der Waals surface area contributed by atoms with Crippen LogP contribution in [0.1, 0.15) is 13.3 Å². The Morgan fingerprint density at radius 1 is 1.53 bits per heavy atom. The van der Waals surface area contributed by atoms with Crippen molar-refractivity contribution in [2.24, 2.45) is 0 Å². The molecule has 0 radical (unpaired) electrons. The third-order valence-electron chi connectivity index (χ3n) is 1.71. The summed E-state index contributed by atoms with van der Waals surface area (Å²) in [6.07, 6.45) is -0.526. The summed E-state index contributed by atoms with van der Waals surface area (Å²) in [4.78, 5) is 10.4. The number of halogens is 2. The first-order valence-corrected chi connectivity index (χ1v) is 5.08. The molecule has 0 amide bonds. The van der Waals surface area contributed by atoms with E-state index in [-0.39, 0.29) is 6.42 Å². The van der Waals surface area contributed by atoms with Gasteiger partial charge < -0.3 is 9.84 Å². The van der Waals surface area contributed by atoms with Crippen LogP contribution in [0.4, 0.5) is 0 Å². The molecule has 1 aromatic carbocycles. The van der Waals surface area contributed by atoms with Gasteiger partial charge in [0.2, 0.25) is 0 Å². The van der Waals surface area contributed by atoms with Crippen LogP contribution < -0.4 is 4.74 Å². The van der Waals surface area contributed by atoms with Crippen LogP contribution in [0, 0.1) is 0 Å². The third-order valence-corrected chi connectivity index (χ3v) is 2.51. The van der Waals surface area contributed by atoms with E-state index in [1.54, 1.807) is 25.1 Å². The van der Waals surface area contributed by atoms with E-state index in [0.29, 0.717) is 15.8 Å². The summed E-state index contributed by atoms with van der Waals surface area (Å²) in [5.41, 5.74) is 0. The number of benzene rings is 1. The fourth-order valence-electron chi connectivity index (χ4n) is 1.08. The minimum atomic E-state index is -0.916. The number of carbonyl (C=O) groups is 1. The number of rotatable bonds is 4. The molecule has 0 bridgehead atoms. The van der Waals surface area contributed by atoms with Crippen molar-refractivity contribution in [1.29, 1.82) is 0 Å². The van der Waals surface area contributed by atoms with Crippen molar-refractivity contribution in [2.45, 2.75) is 19.4 Å². The SMILES string of the molecule is C[C@@H](CC(=O)O)Oc1cccc(Cl)c1Cl. The molecule has 0 aliphatic rings. The zero-order valence-electron chi connectivity index (χ0n) is 8.04. The lowest BCUT2D eigenvalue weighted by Gasteiger charge is -2.14. The lowest BCUT2D eigenvalue weighted by molar-refractivity contribution is -0.138. The van der Waals surface area contributed by atoms with Crippen LogP contribution in [-0.2, 0) is 4.79 Å². The van der Waals surface area contributed by atoms with Gasteiger partial charge in [0.1, 0.15) is 16.9 Å². The summed E-state index contributed by atoms with van der Waals surface area (Å²) in [6.45, 7) is 1.66. The van der Waals surface area contributed by atoms with Crippen LogP contribution in [0.5, 0.6) is 5.75 Å². The maximum atomic E-state index is 10.4. The molecule has 1 atom stereocenters. The Morgan fingerprint density at radius 2 is 2.20 bits per heavy atom. The van der Waals surface area contributed by atoms with E-state index < -0.39 is 12.1 Å². The number of carboxylic acids is 1. The second-order valence-electron chi connectivity index (χ2n) is 3.08. The third kappa shape index (κ3) is 3.61. The van der Waals surface area contributed by atoms with E-state index in [2.05, 4.69) is 0 Å². The maximum Gasteiger partial charge on any atom is 0.307 e. The molecule has 5 heteroatoms. The molecule has 0 aromatic heterocycles. The van der Waals surface area contributed by atoms with Crippen LogP contribution >= 0.6 is 23.2 Å². The normalized spacial score (nSPS) is 12.2. The average Bonchev–Trinajstić information content (AvgIpc) is 2.11. The lowest BCUT2D eigenvalue weighted by Crippen LogP contribution is -2.16. The molecule has 0 fully saturated rings. The number of hydrogen-bond donors (Lipinski definition) is 1. The Bertz CT molecular complexity index is 366. The van der Waals surface area contributed by atoms with Gasteiger partial charge in [-0.2, -0.15) is 0 Å². The van der Waals surface area contributed by atoms with Gasteiger partial charge in [-0.15, -0.1) is 0 Å². The number of aliphatic carboxylic acids is 1. The van der Waals surface area contributed by atoms with Gasteiger partial charge in [-0.3, -0.25) is 4.79 Å². The van der Waals surface area contributed by atoms with Crippen molar-refractivity contribution in [3.05, 3.63) is 28.2 Å². The van der Waals surface area contributed by atoms with Crippen molar-refractivity contribution in [1.82, 2.24) is 0 Å². The minimum Gasteiger partial charge on any atom is -0.488 e. The molecule has 0 heterocycles. The van der Waals surface area contributed by atoms with E-state index in [1.807, 2.05) is 0 Å². The van der Waals surface area contributed by atoms with Crippen molar-refractivity contribution in [3.8, 4) is 5.75 Å². The molecule has 3 nitrogen and oxygen atoms in total. The minimum absolute atomic E-state index is 0.0805. The second kappa shape index (κ2) is 5.24. The van der Waals surface area contributed by atoms with Gasteiger partial charge in [0.25, 0.3) is 0 Å². The molecule has 82 valence electrons. The highest BCUT2D eigenvalue weighted by molar-refractivity contribution is 6.42. The fourth-order valence-corrected chi connectivity index (χ4v) is 1.42. The van der Waals surface area contributed by atoms with Gasteiger partial charge in [-0.1, -0.05) is 29.3 Å². The van der Waals surface area contributed by atoms with E-state index in [0.717, 1.165) is 0 Å². The standard InChI is InChI=1S/C10H10Cl2O3/c1-6(5-9(13)14)15-8-4-2-3-7(11)10(8)12/h2-4,6H,5H2,1H3,(H,13,14)/t6-/m0/s1. The van der Waals surface area contributed by atoms with Crippen LogP contribution in [0.2, 0.25) is 10.0 Å². The predicted octanol–water partition coefficient (Wildman–Crippen LogP) is 3.24. The highest BCUT2D eigenvalue weighted by Crippen LogP contribution is 2.32. The Hall–Kier alpha value is -0.930. The monoisotopic (exact) mass is 248 g/mol. The van der Waals surface area contributed by atoms with E-state index in [1.165, 1.54) is 0 Å². The highest BCUT2D eigenvalue weighted by Gasteiger charge is 2.12. The van der Waals surface area contributed by atoms with Gasteiger partial charge in [0.15, 0.2) is 0 Å². The lowest BCUT2D eigenvalue weighted by atomic mass is 10.3. The number of hydrogen-bond acceptors (Lipinski definition) is 2. The Labute approximate surface area is 97.6 Å². The fraction of sp³-hybridized carbons (Fsp3) is 0.300. The molecule has 0 aliphatic carbocycles. The largest absolute Gasteiger partial charge is 0.488 e. The summed E-state index contributed by atoms with van der Waals surface area (Å²) in [7, 11) is 0. The van der Waals surface area contributed by atoms with Crippen LogP contribution in [0.3, 0.4) is 0 Å². The Balaban J connectivity index is 2.72. The Kier molecular flexibility index (Phi) is 4.24. The van der Waals surface area contributed by atoms with E-state index in [4.69, 9.17) is 33.0 Å². The zero-order valence-corrected chi connectivity index (χ0v) is 9.55. The zero-order chi connectivity index (χ0) is 11.4. The topological polar surface area (TPSA) is 46.5 Å². The summed E-state index contributed by atoms with van der Waals surface area (Å²) in [6, 6.07) is 4.97. The summed E-state index contributed by atoms with van der Waals surface area (Å²) >= 11 is 11.6. The molecule has 1 aromatic rings. The van der Waals surface area contributed by atoms with Crippen molar-refractivity contribution >= 4 is 29.2 Å². The molecular weight excluding hydrogens is 239 g/mol. The molecular formula is C10H10Cl2O3. The Morgan fingerprint density at radius 3 is 2.80 bits per heavy atom. The summed E-state index contributed by atoms with van der Waals surface area (Å²) in [5.74, 6) is -0.515. The molecule has 1 rings (SSSR count). The van der Waals surface area contributed by atoms with Gasteiger partial charge in [0.05, 0.1) is 11.4 Å². The molecule has 15 heavy (non-hydrogen) atoms. The van der Waals surface area contributed by atoms with Crippen molar-refractivity contribution in [3.63, 3.8) is 0 Å². The molecule has 0 saturated heterocycles. The summed E-state index contributed by atoms with van der Waals surface area (Å²) < 4.78 is 5.34. The predicted molar refractivity (Wildman–Crippen MR) is 58.8 cm³/mol. The first-order valence-electron chi connectivity index (χ1n) is 4.33. The molecule has 0 saturated carbocycles. The first kappa shape index (κ1) is 12.1. The smallest absolute Gasteiger partial charge is 0.307 e. The molecule has 0 unspecified atom stereocenters. The molecule has 0 spiro atoms. The highest BCUT2D eigenvalue weighted by atomic mass is 35.5. The molecule has 1 N–H and O–H groups in total. The van der Waals surface area contributed by atoms with Gasteiger partial charge >= 0.3 is 5.97 Å². The van der Waals surface area contributed by atoms with Crippen molar-refractivity contribution < 1.29 is 14.6 Å². The quantitative estimate of drug-likeness (QED) is 0.890. The van der Waals surface area contributed by atoms with Crippen LogP contribution in [-0.4, -0.2) is 17.2 Å². The van der Waals surface area contributed by atoms with Crippen LogP contribution in [0.15, 0.2) is 18.2 Å². The van der Waals surface area contributed by atoms with Crippen molar-refractivity contribution in [2.75, 3.05) is 0 Å². The maximum absolute atomic E-state index is 10.4. The first-order chi connectivity index (χ1) is 7.00. The number of ether oxygens (including phenoxy) is 1. The van der Waals surface area contributed by atoms with Gasteiger partial charge in [0, 0.05) is 0 Å².